The van der Waals surface area contributed by atoms with Crippen molar-refractivity contribution in [2.24, 2.45) is 0 Å². The molecule has 0 atom stereocenters. The van der Waals surface area contributed by atoms with Crippen molar-refractivity contribution in [3.05, 3.63) is 99.1 Å². The second-order valence-corrected chi connectivity index (χ2v) is 6.99. The van der Waals surface area contributed by atoms with Gasteiger partial charge in [-0.05, 0) is 79.1 Å². The average molecular weight is 330 g/mol. The van der Waals surface area contributed by atoms with Crippen LogP contribution in [0.3, 0.4) is 0 Å². The highest BCUT2D eigenvalue weighted by Gasteiger charge is 2.12. The van der Waals surface area contributed by atoms with Gasteiger partial charge in [0.1, 0.15) is 5.75 Å². The van der Waals surface area contributed by atoms with Crippen LogP contribution in [0, 0.1) is 27.7 Å². The Balaban J connectivity index is 2.00. The van der Waals surface area contributed by atoms with Gasteiger partial charge in [0, 0.05) is 12.0 Å². The summed E-state index contributed by atoms with van der Waals surface area (Å²) in [5.74, 6) is 0.392. The third kappa shape index (κ3) is 3.61. The summed E-state index contributed by atoms with van der Waals surface area (Å²) in [6.45, 7) is 8.63. The summed E-state index contributed by atoms with van der Waals surface area (Å²) in [7, 11) is 0. The lowest BCUT2D eigenvalue weighted by Gasteiger charge is -2.16. The van der Waals surface area contributed by atoms with E-state index in [4.69, 9.17) is 0 Å². The van der Waals surface area contributed by atoms with Crippen LogP contribution < -0.4 is 0 Å². The van der Waals surface area contributed by atoms with Gasteiger partial charge in [0.15, 0.2) is 0 Å². The zero-order valence-corrected chi connectivity index (χ0v) is 15.6. The molecule has 0 heterocycles. The predicted molar refractivity (Wildman–Crippen MR) is 106 cm³/mol. The smallest absolute Gasteiger partial charge is 0.119 e. The van der Waals surface area contributed by atoms with Crippen molar-refractivity contribution in [3.63, 3.8) is 0 Å². The van der Waals surface area contributed by atoms with Gasteiger partial charge >= 0.3 is 0 Å². The van der Waals surface area contributed by atoms with E-state index >= 15 is 0 Å². The summed E-state index contributed by atoms with van der Waals surface area (Å²) in [5.41, 5.74) is 10.1. The fourth-order valence-electron chi connectivity index (χ4n) is 3.39. The zero-order valence-electron chi connectivity index (χ0n) is 15.6. The number of rotatable bonds is 4. The normalized spacial score (nSPS) is 10.9. The lowest BCUT2D eigenvalue weighted by molar-refractivity contribution is 0.468. The molecule has 0 aliphatic rings. The summed E-state index contributed by atoms with van der Waals surface area (Å²) in [6, 6.07) is 18.7. The third-order valence-electron chi connectivity index (χ3n) is 5.43. The first-order chi connectivity index (χ1) is 12.0. The second kappa shape index (κ2) is 7.14. The Morgan fingerprint density at radius 3 is 1.68 bits per heavy atom. The van der Waals surface area contributed by atoms with Crippen molar-refractivity contribution in [3.8, 4) is 5.75 Å². The molecule has 0 aliphatic heterocycles. The van der Waals surface area contributed by atoms with E-state index in [0.717, 1.165) is 18.4 Å². The Kier molecular flexibility index (Phi) is 4.94. The van der Waals surface area contributed by atoms with E-state index in [9.17, 15) is 5.11 Å². The average Bonchev–Trinajstić information content (AvgIpc) is 2.58. The van der Waals surface area contributed by atoms with Crippen molar-refractivity contribution < 1.29 is 5.11 Å². The van der Waals surface area contributed by atoms with Gasteiger partial charge in [-0.15, -0.1) is 0 Å². The van der Waals surface area contributed by atoms with Crippen LogP contribution in [-0.2, 0) is 12.8 Å². The molecule has 0 aliphatic carbocycles. The predicted octanol–water partition coefficient (Wildman–Crippen LogP) is 5.81. The molecule has 1 N–H and O–H groups in total. The van der Waals surface area contributed by atoms with E-state index < -0.39 is 0 Å². The van der Waals surface area contributed by atoms with Gasteiger partial charge in [0.25, 0.3) is 0 Å². The lowest BCUT2D eigenvalue weighted by atomic mass is 9.90. The van der Waals surface area contributed by atoms with Gasteiger partial charge in [-0.2, -0.15) is 0 Å². The van der Waals surface area contributed by atoms with Gasteiger partial charge in [-0.3, -0.25) is 0 Å². The minimum atomic E-state index is 0.392. The monoisotopic (exact) mass is 330 g/mol. The van der Waals surface area contributed by atoms with Crippen molar-refractivity contribution in [1.82, 2.24) is 0 Å². The fourth-order valence-corrected chi connectivity index (χ4v) is 3.39. The molecule has 0 saturated carbocycles. The largest absolute Gasteiger partial charge is 0.508 e. The number of aryl methyl sites for hydroxylation is 2. The standard InChI is InChI=1S/C24H26O/c1-16-8-5-10-20(18(16)3)14-22-12-7-13-24(25)23(22)15-21-11-6-9-17(2)19(21)4/h5-13,25H,14-15H2,1-4H3. The molecule has 3 aromatic rings. The molecule has 1 heteroatoms. The molecule has 0 radical (unpaired) electrons. The third-order valence-corrected chi connectivity index (χ3v) is 5.43. The fraction of sp³-hybridized carbons (Fsp3) is 0.250. The van der Waals surface area contributed by atoms with Crippen molar-refractivity contribution in [2.75, 3.05) is 0 Å². The van der Waals surface area contributed by atoms with Crippen LogP contribution in [0.25, 0.3) is 0 Å². The molecule has 128 valence electrons. The van der Waals surface area contributed by atoms with Crippen LogP contribution in [0.1, 0.15) is 44.5 Å². The van der Waals surface area contributed by atoms with Gasteiger partial charge < -0.3 is 5.11 Å². The highest BCUT2D eigenvalue weighted by molar-refractivity contribution is 5.48. The summed E-state index contributed by atoms with van der Waals surface area (Å²) in [4.78, 5) is 0. The Morgan fingerprint density at radius 2 is 1.08 bits per heavy atom. The molecule has 1 nitrogen and oxygen atoms in total. The first-order valence-corrected chi connectivity index (χ1v) is 8.87. The Morgan fingerprint density at radius 1 is 0.600 bits per heavy atom. The molecular weight excluding hydrogens is 304 g/mol. The van der Waals surface area contributed by atoms with E-state index in [2.05, 4.69) is 70.2 Å². The molecule has 0 spiro atoms. The minimum absolute atomic E-state index is 0.392. The van der Waals surface area contributed by atoms with E-state index in [0.29, 0.717) is 5.75 Å². The lowest BCUT2D eigenvalue weighted by Crippen LogP contribution is -2.01. The number of phenolic OH excluding ortho intramolecular Hbond substituents is 1. The van der Waals surface area contributed by atoms with Crippen molar-refractivity contribution in [2.45, 2.75) is 40.5 Å². The summed E-state index contributed by atoms with van der Waals surface area (Å²) in [5, 5.41) is 10.5. The van der Waals surface area contributed by atoms with Crippen LogP contribution in [0.15, 0.2) is 54.6 Å². The molecule has 0 aromatic heterocycles. The van der Waals surface area contributed by atoms with E-state index in [1.165, 1.54) is 38.9 Å². The van der Waals surface area contributed by atoms with E-state index in [1.54, 1.807) is 6.07 Å². The number of hydrogen-bond donors (Lipinski definition) is 1. The van der Waals surface area contributed by atoms with E-state index in [1.807, 2.05) is 6.07 Å². The summed E-state index contributed by atoms with van der Waals surface area (Å²) < 4.78 is 0. The molecule has 0 bridgehead atoms. The zero-order chi connectivity index (χ0) is 18.0. The second-order valence-electron chi connectivity index (χ2n) is 6.99. The van der Waals surface area contributed by atoms with Crippen molar-refractivity contribution >= 4 is 0 Å². The molecule has 0 unspecified atom stereocenters. The Bertz CT molecular complexity index is 906. The number of benzene rings is 3. The maximum Gasteiger partial charge on any atom is 0.119 e. The topological polar surface area (TPSA) is 20.2 Å². The van der Waals surface area contributed by atoms with Gasteiger partial charge in [0.2, 0.25) is 0 Å². The van der Waals surface area contributed by atoms with Crippen LogP contribution in [0.4, 0.5) is 0 Å². The maximum atomic E-state index is 10.5. The maximum absolute atomic E-state index is 10.5. The number of aromatic hydroxyl groups is 1. The Hall–Kier alpha value is -2.54. The van der Waals surface area contributed by atoms with Gasteiger partial charge in [-0.1, -0.05) is 48.5 Å². The molecule has 3 aromatic carbocycles. The SMILES string of the molecule is Cc1cccc(Cc2cccc(O)c2Cc2cccc(C)c2C)c1C. The number of phenols is 1. The van der Waals surface area contributed by atoms with Crippen LogP contribution >= 0.6 is 0 Å². The van der Waals surface area contributed by atoms with Gasteiger partial charge in [0.05, 0.1) is 0 Å². The molecular formula is C24H26O. The highest BCUT2D eigenvalue weighted by atomic mass is 16.3. The quantitative estimate of drug-likeness (QED) is 0.640. The summed E-state index contributed by atoms with van der Waals surface area (Å²) in [6.07, 6.45) is 1.61. The van der Waals surface area contributed by atoms with Crippen molar-refractivity contribution in [1.29, 1.82) is 0 Å². The summed E-state index contributed by atoms with van der Waals surface area (Å²) >= 11 is 0. The Labute approximate surface area is 151 Å². The first kappa shape index (κ1) is 17.3. The van der Waals surface area contributed by atoms with Crippen LogP contribution in [-0.4, -0.2) is 5.11 Å². The van der Waals surface area contributed by atoms with Gasteiger partial charge in [-0.25, -0.2) is 0 Å². The minimum Gasteiger partial charge on any atom is -0.508 e. The molecule has 0 saturated heterocycles. The van der Waals surface area contributed by atoms with Crippen LogP contribution in [0.2, 0.25) is 0 Å². The van der Waals surface area contributed by atoms with Crippen LogP contribution in [0.5, 0.6) is 5.75 Å². The molecule has 25 heavy (non-hydrogen) atoms. The first-order valence-electron chi connectivity index (χ1n) is 8.87. The highest BCUT2D eigenvalue weighted by Crippen LogP contribution is 2.29. The molecule has 0 amide bonds. The number of hydrogen-bond acceptors (Lipinski definition) is 1. The van der Waals surface area contributed by atoms with E-state index in [-0.39, 0.29) is 0 Å². The molecule has 3 rings (SSSR count). The molecule has 0 fully saturated rings.